The molecule has 2 aromatic carbocycles. The van der Waals surface area contributed by atoms with Crippen LogP contribution in [0.5, 0.6) is 0 Å². The van der Waals surface area contributed by atoms with Gasteiger partial charge in [0.15, 0.2) is 0 Å². The van der Waals surface area contributed by atoms with Gasteiger partial charge in [-0.3, -0.25) is 4.79 Å². The van der Waals surface area contributed by atoms with Gasteiger partial charge >= 0.3 is 6.09 Å². The number of rotatable bonds is 6. The zero-order valence-corrected chi connectivity index (χ0v) is 14.3. The van der Waals surface area contributed by atoms with E-state index in [2.05, 4.69) is 40.8 Å². The molecule has 5 nitrogen and oxygen atoms in total. The molecule has 0 fully saturated rings. The molecule has 26 heavy (non-hydrogen) atoms. The number of amides is 2. The second-order valence-corrected chi connectivity index (χ2v) is 5.98. The Morgan fingerprint density at radius 1 is 1.00 bits per heavy atom. The van der Waals surface area contributed by atoms with Crippen molar-refractivity contribution in [2.45, 2.75) is 12.3 Å². The molecule has 132 valence electrons. The van der Waals surface area contributed by atoms with E-state index in [1.54, 1.807) is 0 Å². The van der Waals surface area contributed by atoms with Gasteiger partial charge in [0, 0.05) is 18.9 Å². The first-order valence-electron chi connectivity index (χ1n) is 8.49. The van der Waals surface area contributed by atoms with E-state index >= 15 is 0 Å². The number of hydrogen-bond donors (Lipinski definition) is 2. The van der Waals surface area contributed by atoms with E-state index in [4.69, 9.17) is 11.2 Å². The Hall–Kier alpha value is -3.26. The molecule has 0 saturated carbocycles. The van der Waals surface area contributed by atoms with Crippen LogP contribution in [-0.4, -0.2) is 31.7 Å². The number of terminal acetylenes is 1. The molecule has 0 bridgehead atoms. The number of hydrogen-bond acceptors (Lipinski definition) is 3. The maximum atomic E-state index is 11.9. The third kappa shape index (κ3) is 3.86. The Bertz CT molecular complexity index is 809. The van der Waals surface area contributed by atoms with Gasteiger partial charge in [0.2, 0.25) is 5.91 Å². The van der Waals surface area contributed by atoms with Crippen molar-refractivity contribution in [3.63, 3.8) is 0 Å². The van der Waals surface area contributed by atoms with Crippen molar-refractivity contribution < 1.29 is 14.3 Å². The lowest BCUT2D eigenvalue weighted by Crippen LogP contribution is -2.31. The van der Waals surface area contributed by atoms with Crippen LogP contribution in [0.4, 0.5) is 4.79 Å². The predicted octanol–water partition coefficient (Wildman–Crippen LogP) is 2.66. The topological polar surface area (TPSA) is 67.4 Å². The number of carbonyl (C=O) groups is 2. The minimum atomic E-state index is -0.531. The van der Waals surface area contributed by atoms with Gasteiger partial charge in [-0.15, -0.1) is 6.42 Å². The standard InChI is InChI=1S/C21H20N2O3/c1-2-12-22-20(24)11-13-23-21(25)26-14-19-17-9-5-3-7-15(17)16-8-4-6-10-18(16)19/h1,3-10,19H,11-14H2,(H,22,24)(H,23,25). The van der Waals surface area contributed by atoms with E-state index in [1.807, 2.05) is 24.3 Å². The molecule has 0 spiro atoms. The Kier molecular flexibility index (Phi) is 5.55. The van der Waals surface area contributed by atoms with E-state index in [-0.39, 0.29) is 37.9 Å². The van der Waals surface area contributed by atoms with E-state index in [0.29, 0.717) is 0 Å². The van der Waals surface area contributed by atoms with Crippen LogP contribution in [-0.2, 0) is 9.53 Å². The normalized spacial score (nSPS) is 11.8. The molecule has 5 heteroatoms. The minimum Gasteiger partial charge on any atom is -0.449 e. The van der Waals surface area contributed by atoms with Gasteiger partial charge in [0.1, 0.15) is 6.61 Å². The summed E-state index contributed by atoms with van der Waals surface area (Å²) in [7, 11) is 0. The summed E-state index contributed by atoms with van der Waals surface area (Å²) in [6.45, 7) is 0.639. The van der Waals surface area contributed by atoms with Crippen molar-refractivity contribution in [2.75, 3.05) is 19.7 Å². The number of ether oxygens (including phenoxy) is 1. The van der Waals surface area contributed by atoms with Gasteiger partial charge in [0.25, 0.3) is 0 Å². The molecular weight excluding hydrogens is 328 g/mol. The molecule has 3 rings (SSSR count). The van der Waals surface area contributed by atoms with Crippen LogP contribution in [0.1, 0.15) is 23.5 Å². The summed E-state index contributed by atoms with van der Waals surface area (Å²) in [5.74, 6) is 2.14. The third-order valence-electron chi connectivity index (χ3n) is 4.35. The zero-order valence-electron chi connectivity index (χ0n) is 14.3. The van der Waals surface area contributed by atoms with Crippen molar-refractivity contribution in [2.24, 2.45) is 0 Å². The molecule has 0 radical (unpaired) electrons. The lowest BCUT2D eigenvalue weighted by molar-refractivity contribution is -0.120. The van der Waals surface area contributed by atoms with Crippen molar-refractivity contribution in [3.05, 3.63) is 59.7 Å². The molecule has 2 N–H and O–H groups in total. The second-order valence-electron chi connectivity index (χ2n) is 5.98. The van der Waals surface area contributed by atoms with Gasteiger partial charge in [-0.1, -0.05) is 54.5 Å². The van der Waals surface area contributed by atoms with Crippen LogP contribution in [0.2, 0.25) is 0 Å². The molecule has 1 aliphatic carbocycles. The fourth-order valence-electron chi connectivity index (χ4n) is 3.17. The van der Waals surface area contributed by atoms with Crippen molar-refractivity contribution in [1.29, 1.82) is 0 Å². The summed E-state index contributed by atoms with van der Waals surface area (Å²) in [6.07, 6.45) is 4.69. The molecular formula is C21H20N2O3. The molecule has 2 amide bonds. The lowest BCUT2D eigenvalue weighted by Gasteiger charge is -2.14. The summed E-state index contributed by atoms with van der Waals surface area (Å²) < 4.78 is 5.39. The first-order chi connectivity index (χ1) is 12.7. The Morgan fingerprint density at radius 3 is 2.23 bits per heavy atom. The van der Waals surface area contributed by atoms with Crippen LogP contribution >= 0.6 is 0 Å². The zero-order chi connectivity index (χ0) is 18.4. The highest BCUT2D eigenvalue weighted by Crippen LogP contribution is 2.44. The van der Waals surface area contributed by atoms with E-state index in [0.717, 1.165) is 11.1 Å². The molecule has 0 unspecified atom stereocenters. The molecule has 0 saturated heterocycles. The molecule has 0 heterocycles. The maximum Gasteiger partial charge on any atom is 0.407 e. The van der Waals surface area contributed by atoms with Crippen molar-refractivity contribution in [3.8, 4) is 23.5 Å². The highest BCUT2D eigenvalue weighted by atomic mass is 16.5. The Morgan fingerprint density at radius 2 is 1.62 bits per heavy atom. The summed E-state index contributed by atoms with van der Waals surface area (Å²) in [5.41, 5.74) is 4.69. The Labute approximate surface area is 152 Å². The van der Waals surface area contributed by atoms with Gasteiger partial charge in [-0.2, -0.15) is 0 Å². The predicted molar refractivity (Wildman–Crippen MR) is 99.5 cm³/mol. The van der Waals surface area contributed by atoms with Gasteiger partial charge in [-0.25, -0.2) is 4.79 Å². The number of nitrogens with one attached hydrogen (secondary N) is 2. The highest BCUT2D eigenvalue weighted by molar-refractivity contribution is 5.79. The van der Waals surface area contributed by atoms with Crippen LogP contribution in [0.25, 0.3) is 11.1 Å². The van der Waals surface area contributed by atoms with Gasteiger partial charge in [-0.05, 0) is 22.3 Å². The lowest BCUT2D eigenvalue weighted by atomic mass is 9.98. The van der Waals surface area contributed by atoms with Crippen LogP contribution in [0.3, 0.4) is 0 Å². The van der Waals surface area contributed by atoms with Crippen LogP contribution in [0.15, 0.2) is 48.5 Å². The highest BCUT2D eigenvalue weighted by Gasteiger charge is 2.28. The Balaban J connectivity index is 1.54. The second kappa shape index (κ2) is 8.21. The van der Waals surface area contributed by atoms with Crippen LogP contribution in [0, 0.1) is 12.3 Å². The summed E-state index contributed by atoms with van der Waals surface area (Å²) in [4.78, 5) is 23.3. The van der Waals surface area contributed by atoms with E-state index in [1.165, 1.54) is 11.1 Å². The number of alkyl carbamates (subject to hydrolysis) is 1. The van der Waals surface area contributed by atoms with Crippen LogP contribution < -0.4 is 10.6 Å². The monoisotopic (exact) mass is 348 g/mol. The number of carbonyl (C=O) groups excluding carboxylic acids is 2. The summed E-state index contributed by atoms with van der Waals surface area (Å²) >= 11 is 0. The molecule has 0 aromatic heterocycles. The molecule has 1 aliphatic rings. The fraction of sp³-hybridized carbons (Fsp3) is 0.238. The van der Waals surface area contributed by atoms with Crippen molar-refractivity contribution >= 4 is 12.0 Å². The molecule has 0 aliphatic heterocycles. The van der Waals surface area contributed by atoms with E-state index in [9.17, 15) is 9.59 Å². The van der Waals surface area contributed by atoms with Crippen molar-refractivity contribution in [1.82, 2.24) is 10.6 Å². The fourth-order valence-corrected chi connectivity index (χ4v) is 3.17. The summed E-state index contributed by atoms with van der Waals surface area (Å²) in [5, 5.41) is 5.13. The molecule has 2 aromatic rings. The quantitative estimate of drug-likeness (QED) is 0.789. The number of fused-ring (bicyclic) bond motifs is 3. The maximum absolute atomic E-state index is 11.9. The number of benzene rings is 2. The average Bonchev–Trinajstić information content (AvgIpc) is 2.99. The van der Waals surface area contributed by atoms with Gasteiger partial charge < -0.3 is 15.4 Å². The largest absolute Gasteiger partial charge is 0.449 e. The average molecular weight is 348 g/mol. The smallest absolute Gasteiger partial charge is 0.407 e. The first kappa shape index (κ1) is 17.6. The molecule has 0 atom stereocenters. The SMILES string of the molecule is C#CCNC(=O)CCNC(=O)OCC1c2ccccc2-c2ccccc21. The first-order valence-corrected chi connectivity index (χ1v) is 8.49. The third-order valence-corrected chi connectivity index (χ3v) is 4.35. The summed E-state index contributed by atoms with van der Waals surface area (Å²) in [6, 6.07) is 16.3. The minimum absolute atomic E-state index is 0.0204. The van der Waals surface area contributed by atoms with E-state index < -0.39 is 6.09 Å². The van der Waals surface area contributed by atoms with Gasteiger partial charge in [0.05, 0.1) is 6.54 Å².